The van der Waals surface area contributed by atoms with Gasteiger partial charge in [-0.3, -0.25) is 4.57 Å². The maximum Gasteiger partial charge on any atom is 0.181 e. The van der Waals surface area contributed by atoms with Crippen LogP contribution in [0.4, 0.5) is 5.82 Å². The maximum absolute atomic E-state index is 8.97. The lowest BCUT2D eigenvalue weighted by atomic mass is 10.3. The third-order valence-electron chi connectivity index (χ3n) is 2.69. The van der Waals surface area contributed by atoms with Gasteiger partial charge in [0.15, 0.2) is 17.7 Å². The van der Waals surface area contributed by atoms with E-state index >= 15 is 0 Å². The number of aliphatic hydroxyl groups is 1. The van der Waals surface area contributed by atoms with E-state index in [1.807, 2.05) is 6.08 Å². The number of nitrogen functional groups attached to an aromatic ring is 1. The SMILES string of the molecule is Nc1ncnc2c1ncn2C1CC=C(CO)O1. The fourth-order valence-electron chi connectivity index (χ4n) is 1.86. The molecular weight excluding hydrogens is 222 g/mol. The summed E-state index contributed by atoms with van der Waals surface area (Å²) in [6.07, 6.45) is 5.31. The van der Waals surface area contributed by atoms with Crippen molar-refractivity contribution in [3.05, 3.63) is 24.5 Å². The van der Waals surface area contributed by atoms with Crippen LogP contribution in [0, 0.1) is 0 Å². The first kappa shape index (κ1) is 10.0. The Morgan fingerprint density at radius 1 is 1.47 bits per heavy atom. The number of nitrogens with two attached hydrogens (primary N) is 1. The Bertz CT molecular complexity index is 591. The fourth-order valence-corrected chi connectivity index (χ4v) is 1.86. The highest BCUT2D eigenvalue weighted by molar-refractivity contribution is 5.81. The van der Waals surface area contributed by atoms with E-state index in [4.69, 9.17) is 15.6 Å². The Morgan fingerprint density at radius 3 is 3.12 bits per heavy atom. The minimum atomic E-state index is -0.226. The molecule has 0 saturated heterocycles. The minimum Gasteiger partial charge on any atom is -0.472 e. The minimum absolute atomic E-state index is 0.0970. The summed E-state index contributed by atoms with van der Waals surface area (Å²) < 4.78 is 7.32. The van der Waals surface area contributed by atoms with Crippen LogP contribution in [-0.2, 0) is 4.74 Å². The zero-order chi connectivity index (χ0) is 11.8. The first-order chi connectivity index (χ1) is 8.29. The third kappa shape index (κ3) is 1.51. The van der Waals surface area contributed by atoms with Crippen molar-refractivity contribution in [2.75, 3.05) is 12.3 Å². The lowest BCUT2D eigenvalue weighted by molar-refractivity contribution is 0.0656. The van der Waals surface area contributed by atoms with Crippen LogP contribution < -0.4 is 5.73 Å². The number of hydrogen-bond acceptors (Lipinski definition) is 6. The van der Waals surface area contributed by atoms with Gasteiger partial charge in [-0.25, -0.2) is 15.0 Å². The zero-order valence-corrected chi connectivity index (χ0v) is 8.95. The Morgan fingerprint density at radius 2 is 2.35 bits per heavy atom. The van der Waals surface area contributed by atoms with Crippen LogP contribution >= 0.6 is 0 Å². The van der Waals surface area contributed by atoms with Crippen molar-refractivity contribution in [2.24, 2.45) is 0 Å². The Labute approximate surface area is 96.6 Å². The summed E-state index contributed by atoms with van der Waals surface area (Å²) in [7, 11) is 0. The van der Waals surface area contributed by atoms with Crippen LogP contribution in [0.25, 0.3) is 11.2 Å². The van der Waals surface area contributed by atoms with Crippen LogP contribution in [0.2, 0.25) is 0 Å². The Hall–Kier alpha value is -2.15. The van der Waals surface area contributed by atoms with E-state index in [2.05, 4.69) is 15.0 Å². The second kappa shape index (κ2) is 3.70. The van der Waals surface area contributed by atoms with E-state index in [0.29, 0.717) is 29.2 Å². The van der Waals surface area contributed by atoms with Gasteiger partial charge in [-0.15, -0.1) is 0 Å². The number of rotatable bonds is 2. The number of nitrogens with zero attached hydrogens (tertiary/aromatic N) is 4. The van der Waals surface area contributed by atoms with Crippen molar-refractivity contribution in [3.8, 4) is 0 Å². The molecular formula is C10H11N5O2. The van der Waals surface area contributed by atoms with Gasteiger partial charge in [-0.05, 0) is 6.08 Å². The van der Waals surface area contributed by atoms with Gasteiger partial charge in [-0.1, -0.05) is 0 Å². The summed E-state index contributed by atoms with van der Waals surface area (Å²) in [5, 5.41) is 8.97. The van der Waals surface area contributed by atoms with Crippen LogP contribution in [0.5, 0.6) is 0 Å². The molecule has 1 aliphatic heterocycles. The van der Waals surface area contributed by atoms with Gasteiger partial charge in [0.25, 0.3) is 0 Å². The molecule has 0 radical (unpaired) electrons. The quantitative estimate of drug-likeness (QED) is 0.768. The predicted octanol–water partition coefficient (Wildman–Crippen LogP) is 0.204. The second-order valence-electron chi connectivity index (χ2n) is 3.72. The molecule has 2 aromatic rings. The molecule has 17 heavy (non-hydrogen) atoms. The van der Waals surface area contributed by atoms with Gasteiger partial charge in [0.2, 0.25) is 0 Å². The molecule has 88 valence electrons. The molecule has 2 aromatic heterocycles. The second-order valence-corrected chi connectivity index (χ2v) is 3.72. The van der Waals surface area contributed by atoms with Crippen molar-refractivity contribution >= 4 is 17.0 Å². The molecule has 0 bridgehead atoms. The molecule has 0 amide bonds. The van der Waals surface area contributed by atoms with E-state index in [-0.39, 0.29) is 12.8 Å². The Kier molecular flexibility index (Phi) is 2.19. The van der Waals surface area contributed by atoms with Crippen LogP contribution in [0.1, 0.15) is 12.6 Å². The molecule has 7 nitrogen and oxygen atoms in total. The van der Waals surface area contributed by atoms with Gasteiger partial charge in [0.1, 0.15) is 30.5 Å². The molecule has 1 aliphatic rings. The monoisotopic (exact) mass is 233 g/mol. The van der Waals surface area contributed by atoms with Crippen molar-refractivity contribution < 1.29 is 9.84 Å². The molecule has 7 heteroatoms. The summed E-state index contributed by atoms with van der Waals surface area (Å²) in [5.41, 5.74) is 6.90. The number of fused-ring (bicyclic) bond motifs is 1. The number of aromatic nitrogens is 4. The van der Waals surface area contributed by atoms with Gasteiger partial charge >= 0.3 is 0 Å². The van der Waals surface area contributed by atoms with Gasteiger partial charge in [0.05, 0.1) is 0 Å². The number of anilines is 1. The average molecular weight is 233 g/mol. The van der Waals surface area contributed by atoms with Gasteiger partial charge < -0.3 is 15.6 Å². The molecule has 0 saturated carbocycles. The normalized spacial score (nSPS) is 19.4. The highest BCUT2D eigenvalue weighted by Crippen LogP contribution is 2.28. The van der Waals surface area contributed by atoms with E-state index in [1.165, 1.54) is 6.33 Å². The van der Waals surface area contributed by atoms with Crippen molar-refractivity contribution in [2.45, 2.75) is 12.6 Å². The summed E-state index contributed by atoms with van der Waals surface area (Å²) in [4.78, 5) is 12.2. The number of ether oxygens (including phenoxy) is 1. The lowest BCUT2D eigenvalue weighted by Crippen LogP contribution is -2.08. The molecule has 1 atom stereocenters. The van der Waals surface area contributed by atoms with E-state index in [0.717, 1.165) is 0 Å². The lowest BCUT2D eigenvalue weighted by Gasteiger charge is -2.14. The standard InChI is InChI=1S/C10H11N5O2/c11-9-8-10(13-4-12-9)15(5-14-8)7-2-1-6(3-16)17-7/h1,4-5,7,16H,2-3H2,(H2,11,12,13). The summed E-state index contributed by atoms with van der Waals surface area (Å²) in [6, 6.07) is 0. The summed E-state index contributed by atoms with van der Waals surface area (Å²) >= 11 is 0. The smallest absolute Gasteiger partial charge is 0.181 e. The summed E-state index contributed by atoms with van der Waals surface area (Å²) in [5.74, 6) is 0.918. The van der Waals surface area contributed by atoms with Crippen LogP contribution in [0.15, 0.2) is 24.5 Å². The molecule has 3 rings (SSSR count). The zero-order valence-electron chi connectivity index (χ0n) is 8.95. The predicted molar refractivity (Wildman–Crippen MR) is 59.6 cm³/mol. The van der Waals surface area contributed by atoms with Gasteiger partial charge in [-0.2, -0.15) is 0 Å². The largest absolute Gasteiger partial charge is 0.472 e. The van der Waals surface area contributed by atoms with E-state index < -0.39 is 0 Å². The van der Waals surface area contributed by atoms with Crippen molar-refractivity contribution in [3.63, 3.8) is 0 Å². The molecule has 3 N–H and O–H groups in total. The molecule has 1 unspecified atom stereocenters. The first-order valence-corrected chi connectivity index (χ1v) is 5.19. The molecule has 0 aromatic carbocycles. The highest BCUT2D eigenvalue weighted by Gasteiger charge is 2.22. The Balaban J connectivity index is 2.00. The maximum atomic E-state index is 8.97. The first-order valence-electron chi connectivity index (χ1n) is 5.19. The van der Waals surface area contributed by atoms with Crippen LogP contribution in [0.3, 0.4) is 0 Å². The van der Waals surface area contributed by atoms with Gasteiger partial charge in [0, 0.05) is 6.42 Å². The van der Waals surface area contributed by atoms with Crippen LogP contribution in [-0.4, -0.2) is 31.2 Å². The molecule has 0 spiro atoms. The molecule has 3 heterocycles. The topological polar surface area (TPSA) is 99.1 Å². The summed E-state index contributed by atoms with van der Waals surface area (Å²) in [6.45, 7) is -0.0970. The fraction of sp³-hybridized carbons (Fsp3) is 0.300. The van der Waals surface area contributed by atoms with E-state index in [9.17, 15) is 0 Å². The highest BCUT2D eigenvalue weighted by atomic mass is 16.5. The van der Waals surface area contributed by atoms with Crippen molar-refractivity contribution in [1.82, 2.24) is 19.5 Å². The number of hydrogen-bond donors (Lipinski definition) is 2. The molecule has 0 fully saturated rings. The third-order valence-corrected chi connectivity index (χ3v) is 2.69. The number of imidazole rings is 1. The molecule has 0 aliphatic carbocycles. The number of aliphatic hydroxyl groups excluding tert-OH is 1. The van der Waals surface area contributed by atoms with E-state index in [1.54, 1.807) is 10.9 Å². The average Bonchev–Trinajstić information content (AvgIpc) is 2.94. The van der Waals surface area contributed by atoms with Crippen molar-refractivity contribution in [1.29, 1.82) is 0 Å².